The third-order valence-corrected chi connectivity index (χ3v) is 7.34. The molecule has 0 N–H and O–H groups in total. The van der Waals surface area contributed by atoms with E-state index in [0.29, 0.717) is 10.7 Å². The van der Waals surface area contributed by atoms with Crippen LogP contribution in [0, 0.1) is 22.9 Å². The number of rotatable bonds is 2. The Morgan fingerprint density at radius 3 is 1.16 bits per heavy atom. The van der Waals surface area contributed by atoms with Gasteiger partial charge in [-0.2, -0.15) is 20.5 Å². The van der Waals surface area contributed by atoms with Crippen molar-refractivity contribution in [1.29, 1.82) is 10.5 Å². The third kappa shape index (κ3) is 3.22. The van der Waals surface area contributed by atoms with Crippen LogP contribution in [0.2, 0.25) is 0 Å². The van der Waals surface area contributed by atoms with Crippen LogP contribution in [0.3, 0.4) is 0 Å². The highest BCUT2D eigenvalue weighted by Crippen LogP contribution is 2.35. The van der Waals surface area contributed by atoms with E-state index in [1.54, 1.807) is 0 Å². The van der Waals surface area contributed by atoms with Crippen molar-refractivity contribution in [2.45, 2.75) is 0 Å². The second-order valence-electron chi connectivity index (χ2n) is 9.32. The van der Waals surface area contributed by atoms with Gasteiger partial charge in [-0.15, -0.1) is 0 Å². The zero-order valence-electron chi connectivity index (χ0n) is 20.2. The number of nitrogens with zero attached hydrogens (tertiary/aromatic N) is 4. The SMILES string of the molecule is N#CN=c1c2cc(-c3ccccc3)ccc2c2cc3c(=NC#N)c4cc(-c5ccccc5)ccc4c3cc12. The summed E-state index contributed by atoms with van der Waals surface area (Å²) in [4.78, 5) is 8.54. The highest BCUT2D eigenvalue weighted by atomic mass is 14.7. The molecule has 0 aliphatic carbocycles. The van der Waals surface area contributed by atoms with Crippen molar-refractivity contribution in [3.8, 4) is 34.6 Å². The van der Waals surface area contributed by atoms with Gasteiger partial charge in [-0.1, -0.05) is 84.9 Å². The van der Waals surface area contributed by atoms with Crippen molar-refractivity contribution >= 4 is 43.1 Å². The zero-order chi connectivity index (χ0) is 25.6. The molecule has 4 nitrogen and oxygen atoms in total. The smallest absolute Gasteiger partial charge is 0.172 e. The average Bonchev–Trinajstić information content (AvgIpc) is 3.44. The molecule has 0 saturated carbocycles. The quantitative estimate of drug-likeness (QED) is 0.243. The van der Waals surface area contributed by atoms with Gasteiger partial charge in [0.05, 0.1) is 10.7 Å². The molecule has 0 saturated heterocycles. The Morgan fingerprint density at radius 2 is 0.763 bits per heavy atom. The van der Waals surface area contributed by atoms with Crippen LogP contribution in [0.1, 0.15) is 0 Å². The largest absolute Gasteiger partial charge is 0.206 e. The van der Waals surface area contributed by atoms with E-state index in [9.17, 15) is 10.5 Å². The summed E-state index contributed by atoms with van der Waals surface area (Å²) in [6, 6.07) is 37.2. The van der Waals surface area contributed by atoms with Crippen molar-refractivity contribution in [1.82, 2.24) is 0 Å². The fourth-order valence-corrected chi connectivity index (χ4v) is 5.64. The number of hydrogen-bond acceptors (Lipinski definition) is 4. The Bertz CT molecular complexity index is 2070. The third-order valence-electron chi connectivity index (χ3n) is 7.34. The highest BCUT2D eigenvalue weighted by Gasteiger charge is 2.16. The van der Waals surface area contributed by atoms with Crippen LogP contribution < -0.4 is 10.7 Å². The predicted octanol–water partition coefficient (Wildman–Crippen LogP) is 7.27. The topological polar surface area (TPSA) is 72.3 Å². The first-order valence-electron chi connectivity index (χ1n) is 12.3. The molecule has 0 aliphatic rings. The molecule has 7 aromatic carbocycles. The summed E-state index contributed by atoms with van der Waals surface area (Å²) >= 11 is 0. The van der Waals surface area contributed by atoms with Crippen LogP contribution in [-0.2, 0) is 0 Å². The highest BCUT2D eigenvalue weighted by molar-refractivity contribution is 6.21. The molecule has 0 atom stereocenters. The minimum atomic E-state index is 0.672. The van der Waals surface area contributed by atoms with E-state index in [1.165, 1.54) is 0 Å². The number of nitriles is 2. The Balaban J connectivity index is 1.58. The lowest BCUT2D eigenvalue weighted by Gasteiger charge is -2.02. The van der Waals surface area contributed by atoms with Crippen LogP contribution in [0.25, 0.3) is 65.3 Å². The van der Waals surface area contributed by atoms with Gasteiger partial charge in [0.1, 0.15) is 0 Å². The molecule has 0 spiro atoms. The van der Waals surface area contributed by atoms with Crippen LogP contribution in [0.5, 0.6) is 0 Å². The van der Waals surface area contributed by atoms with Gasteiger partial charge >= 0.3 is 0 Å². The van der Waals surface area contributed by atoms with E-state index in [-0.39, 0.29) is 0 Å². The molecule has 0 amide bonds. The molecule has 7 rings (SSSR count). The minimum absolute atomic E-state index is 0.672. The van der Waals surface area contributed by atoms with Gasteiger partial charge in [-0.25, -0.2) is 0 Å². The van der Waals surface area contributed by atoms with E-state index in [1.807, 2.05) is 48.8 Å². The van der Waals surface area contributed by atoms with Gasteiger partial charge in [-0.3, -0.25) is 0 Å². The lowest BCUT2D eigenvalue weighted by Crippen LogP contribution is -1.99. The molecule has 7 aromatic rings. The normalized spacial score (nSPS) is 12.5. The molecular formula is C34H18N4. The molecule has 174 valence electrons. The fourth-order valence-electron chi connectivity index (χ4n) is 5.64. The lowest BCUT2D eigenvalue weighted by molar-refractivity contribution is 1.37. The molecule has 38 heavy (non-hydrogen) atoms. The van der Waals surface area contributed by atoms with Crippen molar-refractivity contribution < 1.29 is 0 Å². The van der Waals surface area contributed by atoms with Gasteiger partial charge in [0.25, 0.3) is 0 Å². The molecule has 0 unspecified atom stereocenters. The van der Waals surface area contributed by atoms with Crippen LogP contribution >= 0.6 is 0 Å². The maximum Gasteiger partial charge on any atom is 0.206 e. The second kappa shape index (κ2) is 8.52. The Hall–Kier alpha value is -5.58. The van der Waals surface area contributed by atoms with Gasteiger partial charge < -0.3 is 0 Å². The summed E-state index contributed by atoms with van der Waals surface area (Å²) in [5, 5.41) is 28.2. The summed E-state index contributed by atoms with van der Waals surface area (Å²) in [5.41, 5.74) is 4.36. The van der Waals surface area contributed by atoms with Gasteiger partial charge in [0, 0.05) is 21.5 Å². The minimum Gasteiger partial charge on any atom is -0.172 e. The van der Waals surface area contributed by atoms with Gasteiger partial charge in [-0.05, 0) is 68.1 Å². The molecule has 4 heteroatoms. The molecule has 0 radical (unpaired) electrons. The first kappa shape index (κ1) is 21.7. The van der Waals surface area contributed by atoms with E-state index in [2.05, 4.69) is 82.8 Å². The molecule has 0 aromatic heterocycles. The summed E-state index contributed by atoms with van der Waals surface area (Å²) in [6.45, 7) is 0. The van der Waals surface area contributed by atoms with Gasteiger partial charge in [0.2, 0.25) is 12.4 Å². The van der Waals surface area contributed by atoms with Crippen molar-refractivity contribution in [2.75, 3.05) is 0 Å². The maximum absolute atomic E-state index is 9.57. The maximum atomic E-state index is 9.57. The molecule has 0 aliphatic heterocycles. The lowest BCUT2D eigenvalue weighted by atomic mass is 10.0. The second-order valence-corrected chi connectivity index (χ2v) is 9.32. The Morgan fingerprint density at radius 1 is 0.368 bits per heavy atom. The first-order valence-corrected chi connectivity index (χ1v) is 12.3. The van der Waals surface area contributed by atoms with Crippen molar-refractivity contribution in [3.05, 3.63) is 120 Å². The van der Waals surface area contributed by atoms with E-state index in [0.717, 1.165) is 65.3 Å². The molecule has 0 fully saturated rings. The van der Waals surface area contributed by atoms with Gasteiger partial charge in [0.15, 0.2) is 0 Å². The van der Waals surface area contributed by atoms with Crippen molar-refractivity contribution in [2.24, 2.45) is 9.98 Å². The summed E-state index contributed by atoms with van der Waals surface area (Å²) in [5.74, 6) is 0. The van der Waals surface area contributed by atoms with Crippen LogP contribution in [0.15, 0.2) is 119 Å². The summed E-state index contributed by atoms with van der Waals surface area (Å²) in [6.07, 6.45) is 4.03. The summed E-state index contributed by atoms with van der Waals surface area (Å²) < 4.78 is 0. The number of hydrogen-bond donors (Lipinski definition) is 0. The van der Waals surface area contributed by atoms with Crippen LogP contribution in [-0.4, -0.2) is 0 Å². The van der Waals surface area contributed by atoms with E-state index in [4.69, 9.17) is 0 Å². The molecule has 0 bridgehead atoms. The number of benzene rings is 5. The predicted molar refractivity (Wildman–Crippen MR) is 152 cm³/mol. The van der Waals surface area contributed by atoms with E-state index >= 15 is 0 Å². The fraction of sp³-hybridized carbons (Fsp3) is 0. The van der Waals surface area contributed by atoms with E-state index < -0.39 is 0 Å². The molecule has 0 heterocycles. The van der Waals surface area contributed by atoms with Crippen molar-refractivity contribution in [3.63, 3.8) is 0 Å². The van der Waals surface area contributed by atoms with Crippen LogP contribution in [0.4, 0.5) is 0 Å². The molecular weight excluding hydrogens is 464 g/mol. The monoisotopic (exact) mass is 482 g/mol. The standard InChI is InChI=1S/C34H18N4/c35-19-37-33-29-15-23(21-7-3-1-4-8-21)11-13-25(29)27-17-32-28(18-31(27)33)26-14-12-24(22-9-5-2-6-10-22)16-30(26)34(32)38-20-36/h1-18H. The average molecular weight is 483 g/mol. The number of fused-ring (bicyclic) bond motifs is 6. The Kier molecular flexibility index (Phi) is 4.86. The Labute approximate surface area is 218 Å². The zero-order valence-corrected chi connectivity index (χ0v) is 20.2. The first-order chi connectivity index (χ1) is 18.8. The summed E-state index contributed by atoms with van der Waals surface area (Å²) in [7, 11) is 0.